The molecule has 0 saturated carbocycles. The lowest BCUT2D eigenvalue weighted by molar-refractivity contribution is -0.115. The van der Waals surface area contributed by atoms with Gasteiger partial charge in [0.15, 0.2) is 11.5 Å². The number of carbonyl (C=O) groups excluding carboxylic acids is 1. The van der Waals surface area contributed by atoms with E-state index >= 15 is 0 Å². The Kier molecular flexibility index (Phi) is 5.71. The topological polar surface area (TPSA) is 52.5 Å². The molecule has 0 atom stereocenters. The highest BCUT2D eigenvalue weighted by molar-refractivity contribution is 5.92. The van der Waals surface area contributed by atoms with Crippen LogP contribution in [0.2, 0.25) is 0 Å². The summed E-state index contributed by atoms with van der Waals surface area (Å²) in [5.41, 5.74) is 2.18. The summed E-state index contributed by atoms with van der Waals surface area (Å²) in [6.07, 6.45) is 4.03. The van der Waals surface area contributed by atoms with Crippen molar-refractivity contribution in [3.8, 4) is 17.2 Å². The van der Waals surface area contributed by atoms with Gasteiger partial charge in [-0.1, -0.05) is 12.1 Å². The van der Waals surface area contributed by atoms with Gasteiger partial charge in [-0.25, -0.2) is 0 Å². The summed E-state index contributed by atoms with van der Waals surface area (Å²) in [4.78, 5) is 12.2. The number of carbonyl (C=O) groups is 1. The average molecular weight is 372 g/mol. The number of methoxy groups -OCH3 is 1. The molecule has 0 bridgehead atoms. The number of halogens is 2. The van der Waals surface area contributed by atoms with Crippen LogP contribution >= 0.6 is 0 Å². The molecule has 5 nitrogen and oxygen atoms in total. The minimum absolute atomic E-state index is 0.138. The van der Waals surface area contributed by atoms with E-state index in [0.717, 1.165) is 11.3 Å². The number of alkyl halides is 2. The quantitative estimate of drug-likeness (QED) is 0.674. The molecule has 0 aliphatic rings. The molecule has 7 heteroatoms. The van der Waals surface area contributed by atoms with Gasteiger partial charge in [-0.2, -0.15) is 8.78 Å². The zero-order valence-electron chi connectivity index (χ0n) is 14.6. The second kappa shape index (κ2) is 8.35. The Morgan fingerprint density at radius 2 is 1.78 bits per heavy atom. The maximum Gasteiger partial charge on any atom is 0.387 e. The van der Waals surface area contributed by atoms with Gasteiger partial charge in [0.1, 0.15) is 0 Å². The second-order valence-corrected chi connectivity index (χ2v) is 5.73. The summed E-state index contributed by atoms with van der Waals surface area (Å²) in [6.45, 7) is -2.98. The fraction of sp³-hybridized carbons (Fsp3) is 0.150. The van der Waals surface area contributed by atoms with Gasteiger partial charge in [0.25, 0.3) is 0 Å². The van der Waals surface area contributed by atoms with Crippen molar-refractivity contribution in [3.63, 3.8) is 0 Å². The van der Waals surface area contributed by atoms with Crippen LogP contribution in [-0.2, 0) is 11.2 Å². The van der Waals surface area contributed by atoms with Crippen molar-refractivity contribution in [2.75, 3.05) is 12.4 Å². The van der Waals surface area contributed by atoms with E-state index in [9.17, 15) is 13.6 Å². The molecule has 3 aromatic rings. The van der Waals surface area contributed by atoms with Gasteiger partial charge < -0.3 is 19.4 Å². The van der Waals surface area contributed by atoms with E-state index in [0.29, 0.717) is 5.69 Å². The van der Waals surface area contributed by atoms with Crippen molar-refractivity contribution in [1.82, 2.24) is 4.57 Å². The van der Waals surface area contributed by atoms with Crippen LogP contribution in [0.3, 0.4) is 0 Å². The molecule has 2 aromatic carbocycles. The summed E-state index contributed by atoms with van der Waals surface area (Å²) >= 11 is 0. The number of nitrogens with one attached hydrogen (secondary N) is 1. The first kappa shape index (κ1) is 18.4. The van der Waals surface area contributed by atoms with E-state index < -0.39 is 6.61 Å². The van der Waals surface area contributed by atoms with Crippen LogP contribution in [0.25, 0.3) is 5.69 Å². The maximum atomic E-state index is 12.5. The van der Waals surface area contributed by atoms with Crippen LogP contribution in [0.15, 0.2) is 67.0 Å². The molecule has 1 heterocycles. The highest BCUT2D eigenvalue weighted by Crippen LogP contribution is 2.31. The van der Waals surface area contributed by atoms with Gasteiger partial charge in [0.2, 0.25) is 5.91 Å². The third-order valence-electron chi connectivity index (χ3n) is 3.87. The van der Waals surface area contributed by atoms with E-state index in [-0.39, 0.29) is 23.8 Å². The minimum Gasteiger partial charge on any atom is -0.493 e. The number of hydrogen-bond acceptors (Lipinski definition) is 3. The lowest BCUT2D eigenvalue weighted by Crippen LogP contribution is -2.14. The number of hydrogen-bond donors (Lipinski definition) is 1. The fourth-order valence-corrected chi connectivity index (χ4v) is 2.63. The molecule has 3 rings (SSSR count). The highest BCUT2D eigenvalue weighted by atomic mass is 19.3. The Morgan fingerprint density at radius 1 is 1.07 bits per heavy atom. The molecule has 0 spiro atoms. The van der Waals surface area contributed by atoms with Crippen LogP contribution in [-0.4, -0.2) is 24.2 Å². The Balaban J connectivity index is 1.65. The van der Waals surface area contributed by atoms with Gasteiger partial charge in [-0.3, -0.25) is 4.79 Å². The molecule has 1 N–H and O–H groups in total. The predicted molar refractivity (Wildman–Crippen MR) is 97.7 cm³/mol. The van der Waals surface area contributed by atoms with Crippen LogP contribution in [0, 0.1) is 0 Å². The summed E-state index contributed by atoms with van der Waals surface area (Å²) in [5.74, 6) is -0.243. The molecule has 0 aliphatic heterocycles. The van der Waals surface area contributed by atoms with E-state index in [4.69, 9.17) is 4.74 Å². The first-order valence-corrected chi connectivity index (χ1v) is 8.20. The SMILES string of the molecule is COc1ccc(NC(=O)Cc2ccc(-n3cccc3)cc2)cc1OC(F)F. The van der Waals surface area contributed by atoms with Crippen molar-refractivity contribution in [1.29, 1.82) is 0 Å². The molecule has 140 valence electrons. The van der Waals surface area contributed by atoms with Crippen molar-refractivity contribution in [2.45, 2.75) is 13.0 Å². The summed E-state index contributed by atoms with van der Waals surface area (Å²) in [5, 5.41) is 2.67. The molecular weight excluding hydrogens is 354 g/mol. The first-order valence-electron chi connectivity index (χ1n) is 8.20. The Hall–Kier alpha value is -3.35. The number of ether oxygens (including phenoxy) is 2. The summed E-state index contributed by atoms with van der Waals surface area (Å²) < 4.78 is 36.3. The summed E-state index contributed by atoms with van der Waals surface area (Å²) in [6, 6.07) is 15.8. The molecule has 0 radical (unpaired) electrons. The third kappa shape index (κ3) is 4.84. The Morgan fingerprint density at radius 3 is 2.41 bits per heavy atom. The van der Waals surface area contributed by atoms with E-state index in [1.165, 1.54) is 19.2 Å². The molecule has 1 amide bonds. The molecule has 0 aliphatic carbocycles. The average Bonchev–Trinajstić information content (AvgIpc) is 3.17. The zero-order chi connectivity index (χ0) is 19.2. The van der Waals surface area contributed by atoms with Crippen LogP contribution in [0.1, 0.15) is 5.56 Å². The van der Waals surface area contributed by atoms with Crippen molar-refractivity contribution in [2.24, 2.45) is 0 Å². The van der Waals surface area contributed by atoms with E-state index in [1.54, 1.807) is 6.07 Å². The normalized spacial score (nSPS) is 10.7. The van der Waals surface area contributed by atoms with Crippen molar-refractivity contribution >= 4 is 11.6 Å². The summed E-state index contributed by atoms with van der Waals surface area (Å²) in [7, 11) is 1.35. The van der Waals surface area contributed by atoms with Gasteiger partial charge >= 0.3 is 6.61 Å². The molecule has 0 fully saturated rings. The Labute approximate surface area is 155 Å². The number of rotatable bonds is 7. The van der Waals surface area contributed by atoms with Crippen molar-refractivity contribution < 1.29 is 23.0 Å². The Bertz CT molecular complexity index is 894. The third-order valence-corrected chi connectivity index (χ3v) is 3.87. The smallest absolute Gasteiger partial charge is 0.387 e. The number of benzene rings is 2. The largest absolute Gasteiger partial charge is 0.493 e. The molecular formula is C20H18F2N2O3. The van der Waals surface area contributed by atoms with Crippen LogP contribution in [0.5, 0.6) is 11.5 Å². The van der Waals surface area contributed by atoms with Gasteiger partial charge in [-0.15, -0.1) is 0 Å². The van der Waals surface area contributed by atoms with Crippen LogP contribution < -0.4 is 14.8 Å². The fourth-order valence-electron chi connectivity index (χ4n) is 2.63. The molecule has 0 unspecified atom stereocenters. The van der Waals surface area contributed by atoms with Gasteiger partial charge in [0, 0.05) is 29.8 Å². The van der Waals surface area contributed by atoms with Crippen molar-refractivity contribution in [3.05, 3.63) is 72.6 Å². The standard InChI is InChI=1S/C20H18F2N2O3/c1-26-17-9-6-15(13-18(17)27-20(21)22)23-19(25)12-14-4-7-16(8-5-14)24-10-2-3-11-24/h2-11,13,20H,12H2,1H3,(H,23,25). The molecule has 27 heavy (non-hydrogen) atoms. The zero-order valence-corrected chi connectivity index (χ0v) is 14.6. The van der Waals surface area contributed by atoms with Gasteiger partial charge in [-0.05, 0) is 42.0 Å². The monoisotopic (exact) mass is 372 g/mol. The maximum absolute atomic E-state index is 12.5. The highest BCUT2D eigenvalue weighted by Gasteiger charge is 2.12. The lowest BCUT2D eigenvalue weighted by Gasteiger charge is -2.12. The minimum atomic E-state index is -2.98. The van der Waals surface area contributed by atoms with E-state index in [2.05, 4.69) is 10.1 Å². The number of nitrogens with zero attached hydrogens (tertiary/aromatic N) is 1. The first-order chi connectivity index (χ1) is 13.0. The number of aromatic nitrogens is 1. The predicted octanol–water partition coefficient (Wildman–Crippen LogP) is 4.27. The van der Waals surface area contributed by atoms with Crippen LogP contribution in [0.4, 0.5) is 14.5 Å². The van der Waals surface area contributed by atoms with E-state index in [1.807, 2.05) is 53.4 Å². The second-order valence-electron chi connectivity index (χ2n) is 5.73. The molecule has 1 aromatic heterocycles. The number of anilines is 1. The lowest BCUT2D eigenvalue weighted by atomic mass is 10.1. The molecule has 0 saturated heterocycles. The number of amides is 1. The van der Waals surface area contributed by atoms with Gasteiger partial charge in [0.05, 0.1) is 13.5 Å².